The number of hydrogen-bond acceptors (Lipinski definition) is 3. The molecule has 0 bridgehead atoms. The highest BCUT2D eigenvalue weighted by atomic mass is 127. The molecule has 0 radical (unpaired) electrons. The van der Waals surface area contributed by atoms with Gasteiger partial charge in [0, 0.05) is 44.7 Å². The minimum absolute atomic E-state index is 0. The number of guanidine groups is 1. The number of likely N-dealkylation sites (tertiary alicyclic amines) is 1. The predicted molar refractivity (Wildman–Crippen MR) is 108 cm³/mol. The number of nitrogens with zero attached hydrogens (tertiary/aromatic N) is 2. The number of alkyl halides is 2. The van der Waals surface area contributed by atoms with Crippen LogP contribution in [0.25, 0.3) is 0 Å². The van der Waals surface area contributed by atoms with Crippen molar-refractivity contribution in [3.63, 3.8) is 0 Å². The summed E-state index contributed by atoms with van der Waals surface area (Å²) in [6.45, 7) is 7.90. The Bertz CT molecular complexity index is 421. The third-order valence-corrected chi connectivity index (χ3v) is 3.93. The molecule has 0 aliphatic carbocycles. The van der Waals surface area contributed by atoms with Gasteiger partial charge in [-0.05, 0) is 12.8 Å². The van der Waals surface area contributed by atoms with Crippen LogP contribution in [0.3, 0.4) is 0 Å². The van der Waals surface area contributed by atoms with E-state index in [1.54, 1.807) is 11.9 Å². The second-order valence-electron chi connectivity index (χ2n) is 7.12. The summed E-state index contributed by atoms with van der Waals surface area (Å²) in [6.07, 6.45) is -0.644. The first-order chi connectivity index (χ1) is 11.2. The van der Waals surface area contributed by atoms with E-state index in [0.717, 1.165) is 12.8 Å². The average molecular weight is 475 g/mol. The zero-order valence-electron chi connectivity index (χ0n) is 15.6. The molecule has 1 fully saturated rings. The van der Waals surface area contributed by atoms with Crippen molar-refractivity contribution in [3.8, 4) is 0 Å². The number of amides is 1. The van der Waals surface area contributed by atoms with Gasteiger partial charge in [-0.15, -0.1) is 24.0 Å². The fourth-order valence-electron chi connectivity index (χ4n) is 2.47. The normalized spacial score (nSPS) is 17.2. The number of aliphatic imine (C=N–C) groups is 1. The highest BCUT2D eigenvalue weighted by Gasteiger charge is 2.22. The van der Waals surface area contributed by atoms with Gasteiger partial charge in [0.1, 0.15) is 0 Å². The van der Waals surface area contributed by atoms with Crippen LogP contribution in [0.2, 0.25) is 0 Å². The first kappa shape index (κ1) is 24.3. The molecule has 1 heterocycles. The van der Waals surface area contributed by atoms with Crippen LogP contribution in [-0.4, -0.2) is 69.0 Å². The summed E-state index contributed by atoms with van der Waals surface area (Å²) in [5, 5.41) is 9.34. The van der Waals surface area contributed by atoms with E-state index in [4.69, 9.17) is 0 Å². The van der Waals surface area contributed by atoms with Crippen molar-refractivity contribution < 1.29 is 13.6 Å². The van der Waals surface area contributed by atoms with E-state index in [0.29, 0.717) is 32.1 Å². The van der Waals surface area contributed by atoms with Crippen LogP contribution >= 0.6 is 24.0 Å². The molecule has 0 aromatic heterocycles. The molecule has 1 aliphatic heterocycles. The molecule has 9 heteroatoms. The van der Waals surface area contributed by atoms with E-state index >= 15 is 0 Å². The van der Waals surface area contributed by atoms with Crippen molar-refractivity contribution in [2.24, 2.45) is 10.4 Å². The molecule has 0 aromatic carbocycles. The van der Waals surface area contributed by atoms with Gasteiger partial charge in [-0.2, -0.15) is 0 Å². The highest BCUT2D eigenvalue weighted by Crippen LogP contribution is 2.12. The number of hydrogen-bond donors (Lipinski definition) is 3. The molecular formula is C16H32F2IN5O. The molecule has 0 aromatic rings. The molecule has 148 valence electrons. The Morgan fingerprint density at radius 1 is 1.20 bits per heavy atom. The quantitative estimate of drug-likeness (QED) is 0.237. The summed E-state index contributed by atoms with van der Waals surface area (Å²) in [7, 11) is 1.69. The lowest BCUT2D eigenvalue weighted by Gasteiger charge is -2.32. The Labute approximate surface area is 166 Å². The van der Waals surface area contributed by atoms with E-state index in [1.807, 2.05) is 20.8 Å². The molecule has 1 rings (SSSR count). The maximum Gasteiger partial charge on any atom is 0.251 e. The smallest absolute Gasteiger partial charge is 0.251 e. The monoisotopic (exact) mass is 475 g/mol. The van der Waals surface area contributed by atoms with Crippen molar-refractivity contribution in [2.75, 3.05) is 39.8 Å². The Morgan fingerprint density at radius 3 is 2.24 bits per heavy atom. The van der Waals surface area contributed by atoms with Crippen LogP contribution in [0.5, 0.6) is 0 Å². The van der Waals surface area contributed by atoms with Gasteiger partial charge in [0.05, 0.1) is 6.54 Å². The van der Waals surface area contributed by atoms with Gasteiger partial charge in [0.2, 0.25) is 5.91 Å². The maximum absolute atomic E-state index is 12.4. The second kappa shape index (κ2) is 11.8. The topological polar surface area (TPSA) is 68.8 Å². The lowest BCUT2D eigenvalue weighted by atomic mass is 9.96. The van der Waals surface area contributed by atoms with Crippen LogP contribution in [0, 0.1) is 5.41 Å². The molecule has 3 N–H and O–H groups in total. The van der Waals surface area contributed by atoms with Gasteiger partial charge in [0.15, 0.2) is 5.96 Å². The standard InChI is InChI=1S/C16H31F2N5O.HI/c1-16(2,3)14(24)20-7-8-21-15(19-4)22-12-5-9-23(10-6-12)11-13(17)18;/h12-13H,5-11H2,1-4H3,(H,20,24)(H2,19,21,22);1H. The average Bonchev–Trinajstić information content (AvgIpc) is 2.50. The van der Waals surface area contributed by atoms with Gasteiger partial charge in [-0.1, -0.05) is 20.8 Å². The summed E-state index contributed by atoms with van der Waals surface area (Å²) in [5.74, 6) is 0.686. The predicted octanol–water partition coefficient (Wildman–Crippen LogP) is 1.66. The van der Waals surface area contributed by atoms with E-state index in [2.05, 4.69) is 20.9 Å². The molecule has 25 heavy (non-hydrogen) atoms. The van der Waals surface area contributed by atoms with Crippen LogP contribution in [0.15, 0.2) is 4.99 Å². The van der Waals surface area contributed by atoms with Crippen molar-refractivity contribution >= 4 is 35.8 Å². The summed E-state index contributed by atoms with van der Waals surface area (Å²) >= 11 is 0. The highest BCUT2D eigenvalue weighted by molar-refractivity contribution is 14.0. The Morgan fingerprint density at radius 2 is 1.76 bits per heavy atom. The van der Waals surface area contributed by atoms with E-state index in [9.17, 15) is 13.6 Å². The van der Waals surface area contributed by atoms with Gasteiger partial charge >= 0.3 is 0 Å². The molecule has 0 atom stereocenters. The molecule has 1 aliphatic rings. The van der Waals surface area contributed by atoms with Gasteiger partial charge in [0.25, 0.3) is 6.43 Å². The summed E-state index contributed by atoms with van der Waals surface area (Å²) in [4.78, 5) is 17.7. The zero-order chi connectivity index (χ0) is 18.2. The Balaban J connectivity index is 0.00000576. The molecular weight excluding hydrogens is 443 g/mol. The minimum atomic E-state index is -2.27. The van der Waals surface area contributed by atoms with E-state index in [1.165, 1.54) is 0 Å². The van der Waals surface area contributed by atoms with Crippen LogP contribution in [0.1, 0.15) is 33.6 Å². The third-order valence-electron chi connectivity index (χ3n) is 3.93. The third kappa shape index (κ3) is 10.1. The Hall–Kier alpha value is -0.710. The van der Waals surface area contributed by atoms with E-state index in [-0.39, 0.29) is 42.5 Å². The molecule has 0 spiro atoms. The second-order valence-corrected chi connectivity index (χ2v) is 7.12. The van der Waals surface area contributed by atoms with Crippen molar-refractivity contribution in [1.82, 2.24) is 20.9 Å². The maximum atomic E-state index is 12.4. The fourth-order valence-corrected chi connectivity index (χ4v) is 2.47. The summed E-state index contributed by atoms with van der Waals surface area (Å²) in [6, 6.07) is 0.231. The first-order valence-electron chi connectivity index (χ1n) is 8.48. The van der Waals surface area contributed by atoms with Crippen molar-refractivity contribution in [1.29, 1.82) is 0 Å². The Kier molecular flexibility index (Phi) is 11.5. The number of rotatable bonds is 6. The molecule has 0 unspecified atom stereocenters. The van der Waals surface area contributed by atoms with Crippen molar-refractivity contribution in [2.45, 2.75) is 46.1 Å². The lowest BCUT2D eigenvalue weighted by molar-refractivity contribution is -0.128. The fraction of sp³-hybridized carbons (Fsp3) is 0.875. The first-order valence-corrected chi connectivity index (χ1v) is 8.48. The zero-order valence-corrected chi connectivity index (χ0v) is 17.9. The van der Waals surface area contributed by atoms with Gasteiger partial charge in [-0.3, -0.25) is 14.7 Å². The van der Waals surface area contributed by atoms with Crippen molar-refractivity contribution in [3.05, 3.63) is 0 Å². The van der Waals surface area contributed by atoms with Crippen LogP contribution in [-0.2, 0) is 4.79 Å². The summed E-state index contributed by atoms with van der Waals surface area (Å²) < 4.78 is 24.7. The molecule has 0 saturated carbocycles. The largest absolute Gasteiger partial charge is 0.355 e. The number of halogens is 3. The minimum Gasteiger partial charge on any atom is -0.355 e. The van der Waals surface area contributed by atoms with Crippen LogP contribution in [0.4, 0.5) is 8.78 Å². The van der Waals surface area contributed by atoms with Crippen LogP contribution < -0.4 is 16.0 Å². The van der Waals surface area contributed by atoms with Gasteiger partial charge < -0.3 is 16.0 Å². The summed E-state index contributed by atoms with van der Waals surface area (Å²) in [5.41, 5.74) is -0.397. The van der Waals surface area contributed by atoms with Gasteiger partial charge in [-0.25, -0.2) is 8.78 Å². The SMILES string of the molecule is CN=C(NCCNC(=O)C(C)(C)C)NC1CCN(CC(F)F)CC1.I. The number of carbonyl (C=O) groups excluding carboxylic acids is 1. The molecule has 1 amide bonds. The van der Waals surface area contributed by atoms with E-state index < -0.39 is 11.8 Å². The molecule has 1 saturated heterocycles. The number of piperidine rings is 1. The lowest BCUT2D eigenvalue weighted by Crippen LogP contribution is -2.50. The number of nitrogens with one attached hydrogen (secondary N) is 3. The molecule has 6 nitrogen and oxygen atoms in total. The number of carbonyl (C=O) groups is 1.